The summed E-state index contributed by atoms with van der Waals surface area (Å²) in [7, 11) is 2.01. The van der Waals surface area contributed by atoms with E-state index in [1.54, 1.807) is 0 Å². The average Bonchev–Trinajstić information content (AvgIpc) is 2.69. The molecule has 0 aliphatic carbocycles. The smallest absolute Gasteiger partial charge is 0.0456 e. The Morgan fingerprint density at radius 2 is 2.13 bits per heavy atom. The van der Waals surface area contributed by atoms with E-state index in [4.69, 9.17) is 0 Å². The van der Waals surface area contributed by atoms with E-state index in [9.17, 15) is 0 Å². The molecule has 0 saturated heterocycles. The Morgan fingerprint density at radius 1 is 1.33 bits per heavy atom. The highest BCUT2D eigenvalue weighted by Gasteiger charge is 2.04. The van der Waals surface area contributed by atoms with E-state index in [2.05, 4.69) is 47.7 Å². The van der Waals surface area contributed by atoms with E-state index < -0.39 is 0 Å². The van der Waals surface area contributed by atoms with Gasteiger partial charge < -0.3 is 10.3 Å². The third-order valence-corrected chi connectivity index (χ3v) is 3.01. The molecule has 1 aromatic carbocycles. The van der Waals surface area contributed by atoms with Crippen LogP contribution in [0.2, 0.25) is 0 Å². The Balaban J connectivity index is 2.14. The van der Waals surface area contributed by atoms with Crippen LogP contribution in [0.5, 0.6) is 0 Å². The van der Waals surface area contributed by atoms with E-state index in [1.807, 2.05) is 7.05 Å². The molecule has 0 unspecified atom stereocenters. The largest absolute Gasteiger partial charge is 0.361 e. The van der Waals surface area contributed by atoms with Gasteiger partial charge in [-0.15, -0.1) is 0 Å². The van der Waals surface area contributed by atoms with Gasteiger partial charge in [0, 0.05) is 23.1 Å². The van der Waals surface area contributed by atoms with Gasteiger partial charge in [-0.1, -0.05) is 18.2 Å². The van der Waals surface area contributed by atoms with Crippen LogP contribution in [0.4, 0.5) is 0 Å². The maximum Gasteiger partial charge on any atom is 0.0456 e. The first-order valence-corrected chi connectivity index (χ1v) is 5.53. The molecule has 0 bridgehead atoms. The predicted octanol–water partition coefficient (Wildman–Crippen LogP) is 2.71. The minimum atomic E-state index is 0.582. The number of fused-ring (bicyclic) bond motifs is 1. The van der Waals surface area contributed by atoms with Gasteiger partial charge in [0.15, 0.2) is 0 Å². The SMILES string of the molecule is CN[C@@H](C)CCc1c[nH]c2ccccc12. The first-order chi connectivity index (χ1) is 7.31. The number of hydrogen-bond acceptors (Lipinski definition) is 1. The van der Waals surface area contributed by atoms with Crippen LogP contribution in [0.3, 0.4) is 0 Å². The second-order valence-electron chi connectivity index (χ2n) is 4.09. The molecule has 0 spiro atoms. The summed E-state index contributed by atoms with van der Waals surface area (Å²) in [6.07, 6.45) is 4.44. The summed E-state index contributed by atoms with van der Waals surface area (Å²) in [5.41, 5.74) is 2.66. The molecule has 2 aromatic rings. The van der Waals surface area contributed by atoms with E-state index in [1.165, 1.54) is 22.9 Å². The van der Waals surface area contributed by atoms with Gasteiger partial charge in [-0.05, 0) is 38.4 Å². The molecule has 15 heavy (non-hydrogen) atoms. The minimum Gasteiger partial charge on any atom is -0.361 e. The molecule has 2 N–H and O–H groups in total. The molecule has 0 amide bonds. The van der Waals surface area contributed by atoms with Gasteiger partial charge in [0.2, 0.25) is 0 Å². The van der Waals surface area contributed by atoms with Gasteiger partial charge >= 0.3 is 0 Å². The highest BCUT2D eigenvalue weighted by atomic mass is 14.8. The molecule has 0 fully saturated rings. The lowest BCUT2D eigenvalue weighted by molar-refractivity contribution is 0.566. The fourth-order valence-corrected chi connectivity index (χ4v) is 1.85. The fraction of sp³-hybridized carbons (Fsp3) is 0.385. The highest BCUT2D eigenvalue weighted by Crippen LogP contribution is 2.19. The van der Waals surface area contributed by atoms with Crippen molar-refractivity contribution in [1.82, 2.24) is 10.3 Å². The van der Waals surface area contributed by atoms with Crippen molar-refractivity contribution in [3.63, 3.8) is 0 Å². The Morgan fingerprint density at radius 3 is 2.93 bits per heavy atom. The third kappa shape index (κ3) is 2.21. The lowest BCUT2D eigenvalue weighted by Gasteiger charge is -2.08. The number of H-pyrrole nitrogens is 1. The zero-order valence-electron chi connectivity index (χ0n) is 9.38. The molecule has 1 heterocycles. The van der Waals surface area contributed by atoms with Crippen LogP contribution < -0.4 is 5.32 Å². The predicted molar refractivity (Wildman–Crippen MR) is 65.1 cm³/mol. The number of hydrogen-bond donors (Lipinski definition) is 2. The van der Waals surface area contributed by atoms with E-state index >= 15 is 0 Å². The molecule has 1 aromatic heterocycles. The van der Waals surface area contributed by atoms with Crippen molar-refractivity contribution in [3.8, 4) is 0 Å². The molecule has 0 radical (unpaired) electrons. The second-order valence-corrected chi connectivity index (χ2v) is 4.09. The molecule has 2 heteroatoms. The summed E-state index contributed by atoms with van der Waals surface area (Å²) < 4.78 is 0. The number of aromatic nitrogens is 1. The molecule has 0 aliphatic heterocycles. The van der Waals surface area contributed by atoms with E-state index in [0.717, 1.165) is 6.42 Å². The monoisotopic (exact) mass is 202 g/mol. The topological polar surface area (TPSA) is 27.8 Å². The molecular formula is C13H18N2. The standard InChI is InChI=1S/C13H18N2/c1-10(14-2)7-8-11-9-15-13-6-4-3-5-12(11)13/h3-6,9-10,14-15H,7-8H2,1-2H3/t10-/m0/s1. The van der Waals surface area contributed by atoms with Gasteiger partial charge in [0.1, 0.15) is 0 Å². The van der Waals surface area contributed by atoms with Gasteiger partial charge in [-0.2, -0.15) is 0 Å². The van der Waals surface area contributed by atoms with Crippen molar-refractivity contribution in [3.05, 3.63) is 36.0 Å². The number of benzene rings is 1. The number of rotatable bonds is 4. The molecule has 80 valence electrons. The summed E-state index contributed by atoms with van der Waals surface area (Å²) >= 11 is 0. The maximum absolute atomic E-state index is 3.31. The van der Waals surface area contributed by atoms with Crippen molar-refractivity contribution >= 4 is 10.9 Å². The number of aromatic amines is 1. The van der Waals surface area contributed by atoms with Crippen molar-refractivity contribution in [1.29, 1.82) is 0 Å². The Labute approximate surface area is 90.7 Å². The van der Waals surface area contributed by atoms with E-state index in [-0.39, 0.29) is 0 Å². The quantitative estimate of drug-likeness (QED) is 0.784. The first kappa shape index (κ1) is 10.2. The third-order valence-electron chi connectivity index (χ3n) is 3.01. The molecule has 2 rings (SSSR count). The van der Waals surface area contributed by atoms with Crippen LogP contribution in [0.15, 0.2) is 30.5 Å². The minimum absolute atomic E-state index is 0.582. The number of para-hydroxylation sites is 1. The fourth-order valence-electron chi connectivity index (χ4n) is 1.85. The van der Waals surface area contributed by atoms with Crippen LogP contribution in [0.25, 0.3) is 10.9 Å². The molecular weight excluding hydrogens is 184 g/mol. The lowest BCUT2D eigenvalue weighted by atomic mass is 10.1. The Bertz CT molecular complexity index is 431. The van der Waals surface area contributed by atoms with Gasteiger partial charge in [-0.25, -0.2) is 0 Å². The number of aryl methyl sites for hydroxylation is 1. The molecule has 1 atom stereocenters. The first-order valence-electron chi connectivity index (χ1n) is 5.53. The van der Waals surface area contributed by atoms with Crippen molar-refractivity contribution in [2.75, 3.05) is 7.05 Å². The summed E-state index contributed by atoms with van der Waals surface area (Å²) in [5, 5.41) is 4.63. The summed E-state index contributed by atoms with van der Waals surface area (Å²) in [5.74, 6) is 0. The van der Waals surface area contributed by atoms with Crippen LogP contribution in [-0.2, 0) is 6.42 Å². The molecule has 2 nitrogen and oxygen atoms in total. The van der Waals surface area contributed by atoms with Crippen molar-refractivity contribution in [2.45, 2.75) is 25.8 Å². The second kappa shape index (κ2) is 4.49. The molecule has 0 saturated carbocycles. The Kier molecular flexibility index (Phi) is 3.07. The zero-order valence-corrected chi connectivity index (χ0v) is 9.38. The molecule has 0 aliphatic rings. The van der Waals surface area contributed by atoms with Gasteiger partial charge in [0.05, 0.1) is 0 Å². The summed E-state index contributed by atoms with van der Waals surface area (Å²) in [4.78, 5) is 3.31. The highest BCUT2D eigenvalue weighted by molar-refractivity contribution is 5.82. The average molecular weight is 202 g/mol. The van der Waals surface area contributed by atoms with Crippen LogP contribution >= 0.6 is 0 Å². The normalized spacial score (nSPS) is 13.2. The van der Waals surface area contributed by atoms with E-state index in [0.29, 0.717) is 6.04 Å². The van der Waals surface area contributed by atoms with Gasteiger partial charge in [0.25, 0.3) is 0 Å². The van der Waals surface area contributed by atoms with Crippen LogP contribution in [0, 0.1) is 0 Å². The summed E-state index contributed by atoms with van der Waals surface area (Å²) in [6, 6.07) is 9.06. The Hall–Kier alpha value is -1.28. The number of nitrogens with one attached hydrogen (secondary N) is 2. The summed E-state index contributed by atoms with van der Waals surface area (Å²) in [6.45, 7) is 2.22. The maximum atomic E-state index is 3.31. The lowest BCUT2D eigenvalue weighted by Crippen LogP contribution is -2.21. The van der Waals surface area contributed by atoms with Crippen LogP contribution in [0.1, 0.15) is 18.9 Å². The van der Waals surface area contributed by atoms with Crippen molar-refractivity contribution in [2.24, 2.45) is 0 Å². The van der Waals surface area contributed by atoms with Gasteiger partial charge in [-0.3, -0.25) is 0 Å². The van der Waals surface area contributed by atoms with Crippen LogP contribution in [-0.4, -0.2) is 18.1 Å². The zero-order chi connectivity index (χ0) is 10.7. The van der Waals surface area contributed by atoms with Crippen molar-refractivity contribution < 1.29 is 0 Å².